The summed E-state index contributed by atoms with van der Waals surface area (Å²) in [7, 11) is 0. The number of benzene rings is 1. The SMILES string of the molecule is Cc1ccc(C(=O)O)cc1NC(=O)C1C2CCCC21. The molecule has 1 aromatic carbocycles. The molecule has 1 amide bonds. The van der Waals surface area contributed by atoms with E-state index in [1.165, 1.54) is 12.5 Å². The van der Waals surface area contributed by atoms with Crippen molar-refractivity contribution >= 4 is 17.6 Å². The molecule has 2 unspecified atom stereocenters. The van der Waals surface area contributed by atoms with Crippen LogP contribution in [0.1, 0.15) is 35.2 Å². The molecule has 0 radical (unpaired) electrons. The van der Waals surface area contributed by atoms with Crippen molar-refractivity contribution in [1.29, 1.82) is 0 Å². The van der Waals surface area contributed by atoms with Gasteiger partial charge in [0.05, 0.1) is 5.56 Å². The number of carboxylic acid groups (broad SMARTS) is 1. The van der Waals surface area contributed by atoms with Crippen LogP contribution in [0.3, 0.4) is 0 Å². The maximum atomic E-state index is 12.2. The Kier molecular flexibility index (Phi) is 2.81. The van der Waals surface area contributed by atoms with Crippen LogP contribution in [0.2, 0.25) is 0 Å². The van der Waals surface area contributed by atoms with Gasteiger partial charge in [-0.2, -0.15) is 0 Å². The molecule has 2 fully saturated rings. The van der Waals surface area contributed by atoms with Crippen LogP contribution in [-0.2, 0) is 4.79 Å². The predicted molar refractivity (Wildman–Crippen MR) is 71.1 cm³/mol. The molecule has 2 N–H and O–H groups in total. The van der Waals surface area contributed by atoms with Crippen molar-refractivity contribution in [2.24, 2.45) is 17.8 Å². The van der Waals surface area contributed by atoms with Crippen LogP contribution < -0.4 is 5.32 Å². The first kappa shape index (κ1) is 12.2. The van der Waals surface area contributed by atoms with Crippen LogP contribution in [0.25, 0.3) is 0 Å². The highest BCUT2D eigenvalue weighted by Crippen LogP contribution is 2.57. The number of amides is 1. The van der Waals surface area contributed by atoms with Gasteiger partial charge in [0.1, 0.15) is 0 Å². The van der Waals surface area contributed by atoms with Crippen molar-refractivity contribution in [2.75, 3.05) is 5.32 Å². The molecule has 100 valence electrons. The molecule has 1 aromatic rings. The maximum Gasteiger partial charge on any atom is 0.335 e. The van der Waals surface area contributed by atoms with Gasteiger partial charge in [0.25, 0.3) is 0 Å². The number of fused-ring (bicyclic) bond motifs is 1. The van der Waals surface area contributed by atoms with E-state index in [0.29, 0.717) is 17.5 Å². The summed E-state index contributed by atoms with van der Waals surface area (Å²) in [5.41, 5.74) is 1.72. The molecule has 0 aromatic heterocycles. The number of nitrogens with one attached hydrogen (secondary N) is 1. The van der Waals surface area contributed by atoms with Crippen molar-refractivity contribution in [1.82, 2.24) is 0 Å². The lowest BCUT2D eigenvalue weighted by atomic mass is 10.1. The Hall–Kier alpha value is -1.84. The number of aromatic carboxylic acids is 1. The van der Waals surface area contributed by atoms with Gasteiger partial charge in [0.15, 0.2) is 0 Å². The zero-order valence-electron chi connectivity index (χ0n) is 10.8. The number of carbonyl (C=O) groups excluding carboxylic acids is 1. The number of carbonyl (C=O) groups is 2. The highest BCUT2D eigenvalue weighted by molar-refractivity contribution is 5.97. The van der Waals surface area contributed by atoms with Gasteiger partial charge >= 0.3 is 5.97 Å². The third-order valence-electron chi connectivity index (χ3n) is 4.45. The summed E-state index contributed by atoms with van der Waals surface area (Å²) in [5, 5.41) is 11.9. The number of hydrogen-bond donors (Lipinski definition) is 2. The summed E-state index contributed by atoms with van der Waals surface area (Å²) >= 11 is 0. The number of rotatable bonds is 3. The fraction of sp³-hybridized carbons (Fsp3) is 0.467. The molecule has 0 saturated heterocycles. The van der Waals surface area contributed by atoms with E-state index in [4.69, 9.17) is 5.11 Å². The molecule has 2 aliphatic rings. The summed E-state index contributed by atoms with van der Waals surface area (Å²) < 4.78 is 0. The second-order valence-corrected chi connectivity index (χ2v) is 5.61. The third kappa shape index (κ3) is 2.11. The molecule has 19 heavy (non-hydrogen) atoms. The first-order valence-corrected chi connectivity index (χ1v) is 6.73. The molecule has 0 bridgehead atoms. The van der Waals surface area contributed by atoms with Crippen LogP contribution in [0.4, 0.5) is 5.69 Å². The third-order valence-corrected chi connectivity index (χ3v) is 4.45. The Morgan fingerprint density at radius 3 is 2.58 bits per heavy atom. The van der Waals surface area contributed by atoms with Crippen LogP contribution in [0, 0.1) is 24.7 Å². The summed E-state index contributed by atoms with van der Waals surface area (Å²) in [5.74, 6) is 0.381. The largest absolute Gasteiger partial charge is 0.478 e. The second-order valence-electron chi connectivity index (χ2n) is 5.61. The van der Waals surface area contributed by atoms with E-state index in [1.807, 2.05) is 6.92 Å². The van der Waals surface area contributed by atoms with Crippen molar-refractivity contribution in [3.63, 3.8) is 0 Å². The normalized spacial score (nSPS) is 27.7. The van der Waals surface area contributed by atoms with Crippen molar-refractivity contribution in [3.8, 4) is 0 Å². The zero-order chi connectivity index (χ0) is 13.6. The smallest absolute Gasteiger partial charge is 0.335 e. The minimum Gasteiger partial charge on any atom is -0.478 e. The fourth-order valence-corrected chi connectivity index (χ4v) is 3.32. The topological polar surface area (TPSA) is 66.4 Å². The number of aryl methyl sites for hydroxylation is 1. The van der Waals surface area contributed by atoms with Gasteiger partial charge in [-0.1, -0.05) is 12.5 Å². The van der Waals surface area contributed by atoms with E-state index in [1.54, 1.807) is 12.1 Å². The van der Waals surface area contributed by atoms with E-state index >= 15 is 0 Å². The Morgan fingerprint density at radius 2 is 1.95 bits per heavy atom. The Morgan fingerprint density at radius 1 is 1.26 bits per heavy atom. The average Bonchev–Trinajstić information content (AvgIpc) is 2.86. The minimum absolute atomic E-state index is 0.0559. The monoisotopic (exact) mass is 259 g/mol. The summed E-state index contributed by atoms with van der Waals surface area (Å²) in [6.45, 7) is 1.87. The fourth-order valence-electron chi connectivity index (χ4n) is 3.32. The van der Waals surface area contributed by atoms with Gasteiger partial charge < -0.3 is 10.4 Å². The van der Waals surface area contributed by atoms with Crippen LogP contribution in [0.15, 0.2) is 18.2 Å². The minimum atomic E-state index is -0.973. The molecular formula is C15H17NO3. The van der Waals surface area contributed by atoms with Gasteiger partial charge in [-0.15, -0.1) is 0 Å². The summed E-state index contributed by atoms with van der Waals surface area (Å²) in [6, 6.07) is 4.82. The van der Waals surface area contributed by atoms with E-state index in [0.717, 1.165) is 18.4 Å². The lowest BCUT2D eigenvalue weighted by Crippen LogP contribution is -2.17. The predicted octanol–water partition coefficient (Wildman–Crippen LogP) is 2.68. The lowest BCUT2D eigenvalue weighted by Gasteiger charge is -2.10. The Labute approximate surface area is 111 Å². The van der Waals surface area contributed by atoms with Gasteiger partial charge in [0, 0.05) is 11.6 Å². The van der Waals surface area contributed by atoms with Crippen LogP contribution >= 0.6 is 0 Å². The Balaban J connectivity index is 1.74. The van der Waals surface area contributed by atoms with Gasteiger partial charge in [-0.25, -0.2) is 4.79 Å². The quantitative estimate of drug-likeness (QED) is 0.877. The second kappa shape index (κ2) is 4.37. The van der Waals surface area contributed by atoms with Gasteiger partial charge in [0.2, 0.25) is 5.91 Å². The van der Waals surface area contributed by atoms with Gasteiger partial charge in [-0.3, -0.25) is 4.79 Å². The van der Waals surface area contributed by atoms with Crippen molar-refractivity contribution in [2.45, 2.75) is 26.2 Å². The standard InChI is InChI=1S/C15H17NO3/c1-8-5-6-9(15(18)19)7-12(8)16-14(17)13-10-3-2-4-11(10)13/h5-7,10-11,13H,2-4H2,1H3,(H,16,17)(H,18,19). The highest BCUT2D eigenvalue weighted by atomic mass is 16.4. The molecule has 2 atom stereocenters. The van der Waals surface area contributed by atoms with E-state index in [9.17, 15) is 9.59 Å². The molecule has 4 nitrogen and oxygen atoms in total. The maximum absolute atomic E-state index is 12.2. The summed E-state index contributed by atoms with van der Waals surface area (Å²) in [4.78, 5) is 23.1. The molecule has 2 aliphatic carbocycles. The van der Waals surface area contributed by atoms with Crippen LogP contribution in [-0.4, -0.2) is 17.0 Å². The number of carboxylic acids is 1. The van der Waals surface area contributed by atoms with E-state index in [-0.39, 0.29) is 17.4 Å². The number of hydrogen-bond acceptors (Lipinski definition) is 2. The first-order valence-electron chi connectivity index (χ1n) is 6.73. The highest BCUT2D eigenvalue weighted by Gasteiger charge is 2.56. The van der Waals surface area contributed by atoms with E-state index in [2.05, 4.69) is 5.32 Å². The first-order chi connectivity index (χ1) is 9.08. The molecule has 0 spiro atoms. The average molecular weight is 259 g/mol. The Bertz CT molecular complexity index is 542. The zero-order valence-corrected chi connectivity index (χ0v) is 10.8. The molecule has 0 heterocycles. The van der Waals surface area contributed by atoms with E-state index < -0.39 is 5.97 Å². The molecule has 4 heteroatoms. The summed E-state index contributed by atoms with van der Waals surface area (Å²) in [6.07, 6.45) is 3.57. The number of anilines is 1. The van der Waals surface area contributed by atoms with Gasteiger partial charge in [-0.05, 0) is 49.3 Å². The molecule has 3 rings (SSSR count). The van der Waals surface area contributed by atoms with Crippen LogP contribution in [0.5, 0.6) is 0 Å². The molecular weight excluding hydrogens is 242 g/mol. The lowest BCUT2D eigenvalue weighted by molar-refractivity contribution is -0.118. The van der Waals surface area contributed by atoms with Crippen molar-refractivity contribution in [3.05, 3.63) is 29.3 Å². The van der Waals surface area contributed by atoms with Crippen molar-refractivity contribution < 1.29 is 14.7 Å². The molecule has 0 aliphatic heterocycles. The molecule has 2 saturated carbocycles.